The van der Waals surface area contributed by atoms with Crippen molar-refractivity contribution in [1.29, 1.82) is 0 Å². The summed E-state index contributed by atoms with van der Waals surface area (Å²) in [4.78, 5) is 50.2. The Labute approximate surface area is 234 Å². The molecule has 0 radical (unpaired) electrons. The molecule has 0 unspecified atom stereocenters. The Hall–Kier alpha value is -4.46. The molecule has 0 heterocycles. The SMILES string of the molecule is CC(C)[C@H](NC(=O)[C@H](Cc1ccccc1)NC(=O)OCC1c2ccccc2-c2ccccc21)C(=O)N[C@@H](C)C=O. The minimum atomic E-state index is -0.990. The van der Waals surface area contributed by atoms with Crippen molar-refractivity contribution in [3.63, 3.8) is 0 Å². The van der Waals surface area contributed by atoms with Gasteiger partial charge in [0, 0.05) is 12.3 Å². The van der Waals surface area contributed by atoms with Gasteiger partial charge in [0.05, 0.1) is 6.04 Å². The standard InChI is InChI=1S/C32H35N3O5/c1-20(2)29(31(38)33-21(3)18-36)35-30(37)28(17-22-11-5-4-6-12-22)34-32(39)40-19-27-25-15-9-7-13-23(25)24-14-8-10-16-26(24)27/h4-16,18,20-21,27-29H,17,19H2,1-3H3,(H,33,38)(H,34,39)(H,35,37)/t21-,28-,29-/m0/s1. The van der Waals surface area contributed by atoms with Crippen LogP contribution < -0.4 is 16.0 Å². The Morgan fingerprint density at radius 2 is 1.35 bits per heavy atom. The summed E-state index contributed by atoms with van der Waals surface area (Å²) in [5.41, 5.74) is 5.25. The predicted molar refractivity (Wildman–Crippen MR) is 153 cm³/mol. The monoisotopic (exact) mass is 541 g/mol. The lowest BCUT2D eigenvalue weighted by molar-refractivity contribution is -0.131. The predicted octanol–water partition coefficient (Wildman–Crippen LogP) is 3.98. The molecule has 0 saturated heterocycles. The third-order valence-corrected chi connectivity index (χ3v) is 7.06. The number of aldehydes is 1. The van der Waals surface area contributed by atoms with Crippen LogP contribution in [0.25, 0.3) is 11.1 Å². The zero-order valence-electron chi connectivity index (χ0n) is 22.9. The number of alkyl carbamates (subject to hydrolysis) is 1. The van der Waals surface area contributed by atoms with Crippen LogP contribution in [0.1, 0.15) is 43.4 Å². The highest BCUT2D eigenvalue weighted by Crippen LogP contribution is 2.44. The van der Waals surface area contributed by atoms with Gasteiger partial charge in [-0.25, -0.2) is 4.79 Å². The molecule has 1 aliphatic rings. The number of benzene rings is 3. The second-order valence-electron chi connectivity index (χ2n) is 10.4. The second-order valence-corrected chi connectivity index (χ2v) is 10.4. The molecule has 0 aliphatic heterocycles. The van der Waals surface area contributed by atoms with E-state index in [1.54, 1.807) is 20.8 Å². The summed E-state index contributed by atoms with van der Waals surface area (Å²) < 4.78 is 5.68. The lowest BCUT2D eigenvalue weighted by Crippen LogP contribution is -2.57. The van der Waals surface area contributed by atoms with Crippen molar-refractivity contribution >= 4 is 24.2 Å². The highest BCUT2D eigenvalue weighted by Gasteiger charge is 2.32. The molecule has 0 bridgehead atoms. The van der Waals surface area contributed by atoms with Crippen molar-refractivity contribution in [3.05, 3.63) is 95.6 Å². The Balaban J connectivity index is 1.47. The normalized spacial score (nSPS) is 14.3. The molecule has 3 amide bonds. The molecule has 0 saturated carbocycles. The molecular weight excluding hydrogens is 506 g/mol. The second kappa shape index (κ2) is 13.1. The van der Waals surface area contributed by atoms with E-state index in [4.69, 9.17) is 4.74 Å². The van der Waals surface area contributed by atoms with E-state index in [-0.39, 0.29) is 24.9 Å². The molecule has 3 atom stereocenters. The van der Waals surface area contributed by atoms with Crippen molar-refractivity contribution in [1.82, 2.24) is 16.0 Å². The average Bonchev–Trinajstić information content (AvgIpc) is 3.28. The molecule has 0 spiro atoms. The quantitative estimate of drug-likeness (QED) is 0.318. The number of amides is 3. The third-order valence-electron chi connectivity index (χ3n) is 7.06. The van der Waals surface area contributed by atoms with E-state index in [9.17, 15) is 19.2 Å². The summed E-state index contributed by atoms with van der Waals surface area (Å²) in [6, 6.07) is 22.8. The zero-order chi connectivity index (χ0) is 28.6. The van der Waals surface area contributed by atoms with Crippen molar-refractivity contribution in [2.24, 2.45) is 5.92 Å². The fraction of sp³-hybridized carbons (Fsp3) is 0.312. The molecule has 1 aliphatic carbocycles. The van der Waals surface area contributed by atoms with Crippen molar-refractivity contribution in [2.75, 3.05) is 6.61 Å². The lowest BCUT2D eigenvalue weighted by Gasteiger charge is -2.26. The average molecular weight is 542 g/mol. The Kier molecular flexibility index (Phi) is 9.32. The first-order chi connectivity index (χ1) is 19.3. The highest BCUT2D eigenvalue weighted by atomic mass is 16.5. The minimum Gasteiger partial charge on any atom is -0.449 e. The van der Waals surface area contributed by atoms with E-state index >= 15 is 0 Å². The van der Waals surface area contributed by atoms with E-state index < -0.39 is 36.0 Å². The number of hydrogen-bond acceptors (Lipinski definition) is 5. The molecule has 8 heteroatoms. The van der Waals surface area contributed by atoms with Gasteiger partial charge >= 0.3 is 6.09 Å². The van der Waals surface area contributed by atoms with Crippen molar-refractivity contribution in [3.8, 4) is 11.1 Å². The van der Waals surface area contributed by atoms with Gasteiger partial charge in [0.25, 0.3) is 0 Å². The van der Waals surface area contributed by atoms with Crippen LogP contribution in [0.15, 0.2) is 78.9 Å². The van der Waals surface area contributed by atoms with Crippen molar-refractivity contribution < 1.29 is 23.9 Å². The van der Waals surface area contributed by atoms with Gasteiger partial charge in [0.1, 0.15) is 25.0 Å². The van der Waals surface area contributed by atoms with Gasteiger partial charge in [-0.15, -0.1) is 0 Å². The van der Waals surface area contributed by atoms with E-state index in [0.717, 1.165) is 27.8 Å². The van der Waals surface area contributed by atoms with Gasteiger partial charge in [-0.1, -0.05) is 92.7 Å². The smallest absolute Gasteiger partial charge is 0.407 e. The molecule has 8 nitrogen and oxygen atoms in total. The van der Waals surface area contributed by atoms with E-state index in [1.807, 2.05) is 66.7 Å². The van der Waals surface area contributed by atoms with Gasteiger partial charge in [-0.3, -0.25) is 9.59 Å². The summed E-state index contributed by atoms with van der Waals surface area (Å²) in [6.45, 7) is 5.25. The number of carbonyl (C=O) groups is 4. The summed E-state index contributed by atoms with van der Waals surface area (Å²) >= 11 is 0. The van der Waals surface area contributed by atoms with Crippen LogP contribution in [0.4, 0.5) is 4.79 Å². The van der Waals surface area contributed by atoms with Crippen LogP contribution in [0.2, 0.25) is 0 Å². The number of nitrogens with one attached hydrogen (secondary N) is 3. The van der Waals surface area contributed by atoms with Crippen LogP contribution in [-0.4, -0.2) is 48.9 Å². The van der Waals surface area contributed by atoms with Crippen LogP contribution in [0.3, 0.4) is 0 Å². The zero-order valence-corrected chi connectivity index (χ0v) is 22.9. The first-order valence-electron chi connectivity index (χ1n) is 13.5. The molecule has 3 N–H and O–H groups in total. The number of fused-ring (bicyclic) bond motifs is 3. The summed E-state index contributed by atoms with van der Waals surface area (Å²) in [7, 11) is 0. The molecular formula is C32H35N3O5. The first-order valence-corrected chi connectivity index (χ1v) is 13.5. The van der Waals surface area contributed by atoms with Gasteiger partial charge in [-0.2, -0.15) is 0 Å². The van der Waals surface area contributed by atoms with E-state index in [0.29, 0.717) is 6.29 Å². The Morgan fingerprint density at radius 1 is 0.775 bits per heavy atom. The fourth-order valence-electron chi connectivity index (χ4n) is 4.98. The summed E-state index contributed by atoms with van der Waals surface area (Å²) in [5.74, 6) is -1.37. The first kappa shape index (κ1) is 28.5. The van der Waals surface area contributed by atoms with Crippen LogP contribution in [0.5, 0.6) is 0 Å². The molecule has 40 heavy (non-hydrogen) atoms. The molecule has 4 rings (SSSR count). The maximum atomic E-state index is 13.4. The van der Waals surface area contributed by atoms with Gasteiger partial charge < -0.3 is 25.5 Å². The van der Waals surface area contributed by atoms with E-state index in [2.05, 4.69) is 28.1 Å². The Bertz CT molecular complexity index is 1310. The largest absolute Gasteiger partial charge is 0.449 e. The highest BCUT2D eigenvalue weighted by molar-refractivity contribution is 5.92. The van der Waals surface area contributed by atoms with Crippen LogP contribution >= 0.6 is 0 Å². The van der Waals surface area contributed by atoms with Gasteiger partial charge in [0.2, 0.25) is 11.8 Å². The van der Waals surface area contributed by atoms with Crippen molar-refractivity contribution in [2.45, 2.75) is 51.2 Å². The summed E-state index contributed by atoms with van der Waals surface area (Å²) in [6.07, 6.45) is 0.0975. The minimum absolute atomic E-state index is 0.111. The fourth-order valence-corrected chi connectivity index (χ4v) is 4.98. The topological polar surface area (TPSA) is 114 Å². The lowest BCUT2D eigenvalue weighted by atomic mass is 9.98. The number of rotatable bonds is 11. The van der Waals surface area contributed by atoms with Gasteiger partial charge in [0.15, 0.2) is 0 Å². The van der Waals surface area contributed by atoms with Crippen LogP contribution in [-0.2, 0) is 25.5 Å². The maximum Gasteiger partial charge on any atom is 0.407 e. The number of ether oxygens (including phenoxy) is 1. The number of carbonyl (C=O) groups excluding carboxylic acids is 4. The third kappa shape index (κ3) is 6.75. The van der Waals surface area contributed by atoms with Crippen LogP contribution in [0, 0.1) is 5.92 Å². The Morgan fingerprint density at radius 3 is 1.93 bits per heavy atom. The molecule has 0 aromatic heterocycles. The molecule has 3 aromatic carbocycles. The molecule has 3 aromatic rings. The number of hydrogen-bond donors (Lipinski definition) is 3. The van der Waals surface area contributed by atoms with Gasteiger partial charge in [-0.05, 0) is 40.7 Å². The summed E-state index contributed by atoms with van der Waals surface area (Å²) in [5, 5.41) is 8.05. The molecule has 208 valence electrons. The molecule has 0 fully saturated rings. The maximum absolute atomic E-state index is 13.4. The van der Waals surface area contributed by atoms with E-state index in [1.165, 1.54) is 0 Å².